The standard InChI is InChI=1S/C21H21ClN2O3/c22-20-15(7-4-8-16(20)25)12-23-10-9-21-18(23)11-19(26)24(21)13-17(27-21)14-5-2-1-3-6-14/h1-8,17-18,25H,9-13H2/t17-,18-,21+/m1/s1. The maximum Gasteiger partial charge on any atom is 0.226 e. The van der Waals surface area contributed by atoms with E-state index >= 15 is 0 Å². The summed E-state index contributed by atoms with van der Waals surface area (Å²) in [5.74, 6) is 0.249. The Morgan fingerprint density at radius 3 is 2.81 bits per heavy atom. The minimum absolute atomic E-state index is 0.0112. The molecule has 0 saturated carbocycles. The highest BCUT2D eigenvalue weighted by Crippen LogP contribution is 2.51. The number of likely N-dealkylation sites (tertiary alicyclic amines) is 1. The van der Waals surface area contributed by atoms with Gasteiger partial charge in [-0.1, -0.05) is 54.1 Å². The first kappa shape index (κ1) is 17.0. The summed E-state index contributed by atoms with van der Waals surface area (Å²) in [4.78, 5) is 16.9. The second kappa shape index (κ2) is 6.23. The van der Waals surface area contributed by atoms with E-state index in [-0.39, 0.29) is 23.8 Å². The van der Waals surface area contributed by atoms with Gasteiger partial charge in [-0.05, 0) is 17.2 Å². The molecule has 27 heavy (non-hydrogen) atoms. The van der Waals surface area contributed by atoms with E-state index in [1.807, 2.05) is 29.2 Å². The number of amides is 1. The fraction of sp³-hybridized carbons (Fsp3) is 0.381. The molecule has 0 unspecified atom stereocenters. The van der Waals surface area contributed by atoms with Crippen molar-refractivity contribution < 1.29 is 14.6 Å². The molecule has 1 N–H and O–H groups in total. The van der Waals surface area contributed by atoms with Crippen LogP contribution in [0.5, 0.6) is 5.75 Å². The van der Waals surface area contributed by atoms with E-state index in [2.05, 4.69) is 17.0 Å². The molecule has 6 heteroatoms. The summed E-state index contributed by atoms with van der Waals surface area (Å²) in [7, 11) is 0. The topological polar surface area (TPSA) is 53.0 Å². The SMILES string of the molecule is O=C1C[C@H]2N(Cc3cccc(O)c3Cl)CC[C@]23O[C@@H](c2ccccc2)CN13. The predicted octanol–water partition coefficient (Wildman–Crippen LogP) is 3.32. The van der Waals surface area contributed by atoms with E-state index in [4.69, 9.17) is 16.3 Å². The Bertz CT molecular complexity index is 890. The Labute approximate surface area is 163 Å². The smallest absolute Gasteiger partial charge is 0.226 e. The number of phenols is 1. The van der Waals surface area contributed by atoms with Crippen molar-refractivity contribution in [2.45, 2.75) is 37.3 Å². The third kappa shape index (κ3) is 2.57. The van der Waals surface area contributed by atoms with Crippen LogP contribution in [0.15, 0.2) is 48.5 Å². The van der Waals surface area contributed by atoms with Crippen molar-refractivity contribution in [1.82, 2.24) is 9.80 Å². The third-order valence-electron chi connectivity index (χ3n) is 6.14. The summed E-state index contributed by atoms with van der Waals surface area (Å²) in [6.07, 6.45) is 1.18. The van der Waals surface area contributed by atoms with E-state index < -0.39 is 5.72 Å². The Morgan fingerprint density at radius 2 is 2.00 bits per heavy atom. The Morgan fingerprint density at radius 1 is 1.19 bits per heavy atom. The number of rotatable bonds is 3. The average molecular weight is 385 g/mol. The summed E-state index contributed by atoms with van der Waals surface area (Å²) < 4.78 is 6.56. The van der Waals surface area contributed by atoms with Gasteiger partial charge < -0.3 is 14.7 Å². The zero-order valence-corrected chi connectivity index (χ0v) is 15.6. The zero-order valence-electron chi connectivity index (χ0n) is 14.8. The molecule has 1 spiro atoms. The number of hydrogen-bond donors (Lipinski definition) is 1. The highest BCUT2D eigenvalue weighted by atomic mass is 35.5. The van der Waals surface area contributed by atoms with Gasteiger partial charge in [-0.25, -0.2) is 0 Å². The van der Waals surface area contributed by atoms with Crippen LogP contribution >= 0.6 is 11.6 Å². The average Bonchev–Trinajstić information content (AvgIpc) is 3.29. The molecule has 2 aromatic carbocycles. The van der Waals surface area contributed by atoms with Crippen LogP contribution in [-0.2, 0) is 16.1 Å². The molecule has 3 fully saturated rings. The number of ether oxygens (including phenoxy) is 1. The number of halogens is 1. The molecular formula is C21H21ClN2O3. The lowest BCUT2D eigenvalue weighted by atomic mass is 10.1. The van der Waals surface area contributed by atoms with Gasteiger partial charge in [0.2, 0.25) is 5.91 Å². The molecule has 3 atom stereocenters. The van der Waals surface area contributed by atoms with Gasteiger partial charge in [0.25, 0.3) is 0 Å². The molecule has 3 aliphatic rings. The number of carbonyl (C=O) groups is 1. The molecule has 5 rings (SSSR count). The third-order valence-corrected chi connectivity index (χ3v) is 6.58. The van der Waals surface area contributed by atoms with Crippen molar-refractivity contribution in [2.24, 2.45) is 0 Å². The first-order valence-corrected chi connectivity index (χ1v) is 9.70. The maximum absolute atomic E-state index is 12.7. The van der Waals surface area contributed by atoms with Gasteiger partial charge in [0.15, 0.2) is 5.72 Å². The quantitative estimate of drug-likeness (QED) is 0.882. The Kier molecular flexibility index (Phi) is 3.93. The minimum Gasteiger partial charge on any atom is -0.506 e. The second-order valence-electron chi connectivity index (χ2n) is 7.56. The summed E-state index contributed by atoms with van der Waals surface area (Å²) in [6.45, 7) is 2.04. The number of hydrogen-bond acceptors (Lipinski definition) is 4. The zero-order chi connectivity index (χ0) is 18.6. The maximum atomic E-state index is 12.7. The summed E-state index contributed by atoms with van der Waals surface area (Å²) in [5, 5.41) is 10.3. The van der Waals surface area contributed by atoms with Crippen LogP contribution < -0.4 is 0 Å². The molecule has 1 amide bonds. The van der Waals surface area contributed by atoms with E-state index in [0.29, 0.717) is 24.5 Å². The highest BCUT2D eigenvalue weighted by molar-refractivity contribution is 6.32. The van der Waals surface area contributed by atoms with Crippen LogP contribution in [0.4, 0.5) is 0 Å². The van der Waals surface area contributed by atoms with Crippen LogP contribution in [0.25, 0.3) is 0 Å². The van der Waals surface area contributed by atoms with Crippen molar-refractivity contribution in [3.8, 4) is 5.75 Å². The number of benzene rings is 2. The van der Waals surface area contributed by atoms with E-state index in [1.165, 1.54) is 0 Å². The highest BCUT2D eigenvalue weighted by Gasteiger charge is 2.63. The lowest BCUT2D eigenvalue weighted by molar-refractivity contribution is -0.138. The predicted molar refractivity (Wildman–Crippen MR) is 101 cm³/mol. The van der Waals surface area contributed by atoms with Crippen LogP contribution in [0.1, 0.15) is 30.1 Å². The molecule has 3 heterocycles. The van der Waals surface area contributed by atoms with E-state index in [1.54, 1.807) is 12.1 Å². The fourth-order valence-corrected chi connectivity index (χ4v) is 5.03. The van der Waals surface area contributed by atoms with Gasteiger partial charge in [0.05, 0.1) is 17.6 Å². The molecule has 0 bridgehead atoms. The van der Waals surface area contributed by atoms with Crippen molar-refractivity contribution in [2.75, 3.05) is 13.1 Å². The van der Waals surface area contributed by atoms with Gasteiger partial charge in [0.1, 0.15) is 11.9 Å². The van der Waals surface area contributed by atoms with Crippen molar-refractivity contribution in [3.05, 3.63) is 64.7 Å². The molecule has 3 saturated heterocycles. The molecule has 0 radical (unpaired) electrons. The summed E-state index contributed by atoms with van der Waals surface area (Å²) >= 11 is 6.27. The second-order valence-corrected chi connectivity index (χ2v) is 7.93. The molecule has 0 aromatic heterocycles. The molecule has 3 aliphatic heterocycles. The summed E-state index contributed by atoms with van der Waals surface area (Å²) in [5.41, 5.74) is 1.44. The van der Waals surface area contributed by atoms with Gasteiger partial charge >= 0.3 is 0 Å². The van der Waals surface area contributed by atoms with Gasteiger partial charge in [-0.15, -0.1) is 0 Å². The first-order chi connectivity index (χ1) is 13.1. The minimum atomic E-state index is -0.541. The van der Waals surface area contributed by atoms with Crippen LogP contribution in [0.2, 0.25) is 5.02 Å². The molecule has 2 aromatic rings. The molecule has 0 aliphatic carbocycles. The number of phenolic OH excluding ortho intramolecular Hbond substituents is 1. The molecular weight excluding hydrogens is 364 g/mol. The van der Waals surface area contributed by atoms with Crippen LogP contribution in [0, 0.1) is 0 Å². The van der Waals surface area contributed by atoms with E-state index in [0.717, 1.165) is 24.1 Å². The van der Waals surface area contributed by atoms with Crippen molar-refractivity contribution in [3.63, 3.8) is 0 Å². The van der Waals surface area contributed by atoms with Gasteiger partial charge in [0, 0.05) is 25.9 Å². The van der Waals surface area contributed by atoms with Crippen LogP contribution in [0.3, 0.4) is 0 Å². The molecule has 5 nitrogen and oxygen atoms in total. The molecule has 140 valence electrons. The van der Waals surface area contributed by atoms with Crippen LogP contribution in [-0.4, -0.2) is 45.7 Å². The van der Waals surface area contributed by atoms with E-state index in [9.17, 15) is 9.90 Å². The lowest BCUT2D eigenvalue weighted by Crippen LogP contribution is -2.47. The normalized spacial score (nSPS) is 30.0. The Balaban J connectivity index is 1.42. The van der Waals surface area contributed by atoms with Crippen molar-refractivity contribution in [1.29, 1.82) is 0 Å². The lowest BCUT2D eigenvalue weighted by Gasteiger charge is -2.32. The largest absolute Gasteiger partial charge is 0.506 e. The van der Waals surface area contributed by atoms with Gasteiger partial charge in [-0.3, -0.25) is 9.69 Å². The van der Waals surface area contributed by atoms with Gasteiger partial charge in [-0.2, -0.15) is 0 Å². The Hall–Kier alpha value is -2.08. The fourth-order valence-electron chi connectivity index (χ4n) is 4.85. The summed E-state index contributed by atoms with van der Waals surface area (Å²) in [6, 6.07) is 15.4. The number of carbonyl (C=O) groups excluding carboxylic acids is 1. The monoisotopic (exact) mass is 384 g/mol. The number of nitrogens with zero attached hydrogens (tertiary/aromatic N) is 2. The first-order valence-electron chi connectivity index (χ1n) is 9.32. The number of aromatic hydroxyl groups is 1. The van der Waals surface area contributed by atoms with Crippen molar-refractivity contribution >= 4 is 17.5 Å².